The maximum Gasteiger partial charge on any atom is 0.0670 e. The molecular weight excluding hydrogens is 188 g/mol. The summed E-state index contributed by atoms with van der Waals surface area (Å²) in [7, 11) is 1.95. The van der Waals surface area contributed by atoms with Crippen molar-refractivity contribution in [2.75, 3.05) is 0 Å². The highest BCUT2D eigenvalue weighted by Crippen LogP contribution is 2.23. The maximum absolute atomic E-state index is 5.60. The number of hydrazine groups is 1. The third-order valence-corrected chi connectivity index (χ3v) is 2.56. The minimum absolute atomic E-state index is 0.216. The zero-order valence-electron chi connectivity index (χ0n) is 10.1. The minimum atomic E-state index is 0.216. The number of hydrogen-bond donors (Lipinski definition) is 2. The van der Waals surface area contributed by atoms with Gasteiger partial charge in [0, 0.05) is 24.8 Å². The van der Waals surface area contributed by atoms with Gasteiger partial charge in [-0.2, -0.15) is 5.10 Å². The van der Waals surface area contributed by atoms with Crippen LogP contribution >= 0.6 is 0 Å². The van der Waals surface area contributed by atoms with E-state index in [-0.39, 0.29) is 6.04 Å². The van der Waals surface area contributed by atoms with Gasteiger partial charge in [0.05, 0.1) is 5.69 Å². The molecule has 1 aromatic rings. The molecule has 0 amide bonds. The van der Waals surface area contributed by atoms with Crippen molar-refractivity contribution >= 4 is 0 Å². The second kappa shape index (κ2) is 5.28. The van der Waals surface area contributed by atoms with Crippen molar-refractivity contribution < 1.29 is 0 Å². The van der Waals surface area contributed by atoms with Gasteiger partial charge >= 0.3 is 0 Å². The third kappa shape index (κ3) is 3.04. The highest BCUT2D eigenvalue weighted by atomic mass is 15.3. The van der Waals surface area contributed by atoms with Crippen LogP contribution in [-0.4, -0.2) is 9.78 Å². The van der Waals surface area contributed by atoms with Gasteiger partial charge in [0.2, 0.25) is 0 Å². The van der Waals surface area contributed by atoms with E-state index in [9.17, 15) is 0 Å². The number of aromatic nitrogens is 2. The standard InChI is InChI=1S/C11H22N4/c1-5-10-9(7-15(4)14-10)11(13-12)6-8(2)3/h7-8,11,13H,5-6,12H2,1-4H3. The molecule has 0 spiro atoms. The Kier molecular flexibility index (Phi) is 4.29. The molecule has 0 saturated carbocycles. The Labute approximate surface area is 91.8 Å². The van der Waals surface area contributed by atoms with Crippen LogP contribution in [0.4, 0.5) is 0 Å². The van der Waals surface area contributed by atoms with E-state index < -0.39 is 0 Å². The Morgan fingerprint density at radius 3 is 2.67 bits per heavy atom. The summed E-state index contributed by atoms with van der Waals surface area (Å²) in [4.78, 5) is 0. The van der Waals surface area contributed by atoms with Crippen molar-refractivity contribution in [1.29, 1.82) is 0 Å². The number of nitrogens with zero attached hydrogens (tertiary/aromatic N) is 2. The van der Waals surface area contributed by atoms with Crippen LogP contribution in [0.1, 0.15) is 44.5 Å². The average molecular weight is 210 g/mol. The Bertz CT molecular complexity index is 304. The van der Waals surface area contributed by atoms with Crippen LogP contribution in [0.5, 0.6) is 0 Å². The van der Waals surface area contributed by atoms with Gasteiger partial charge in [0.1, 0.15) is 0 Å². The topological polar surface area (TPSA) is 55.9 Å². The molecule has 86 valence electrons. The molecule has 3 N–H and O–H groups in total. The molecule has 0 aliphatic heterocycles. The molecular formula is C11H22N4. The number of nitrogens with one attached hydrogen (secondary N) is 1. The summed E-state index contributed by atoms with van der Waals surface area (Å²) in [5.41, 5.74) is 5.26. The van der Waals surface area contributed by atoms with Crippen molar-refractivity contribution in [1.82, 2.24) is 15.2 Å². The molecule has 15 heavy (non-hydrogen) atoms. The summed E-state index contributed by atoms with van der Waals surface area (Å²) in [5.74, 6) is 6.22. The summed E-state index contributed by atoms with van der Waals surface area (Å²) in [6.45, 7) is 6.52. The first-order valence-electron chi connectivity index (χ1n) is 5.57. The monoisotopic (exact) mass is 210 g/mol. The first kappa shape index (κ1) is 12.2. The Balaban J connectivity index is 2.89. The zero-order chi connectivity index (χ0) is 11.4. The second-order valence-corrected chi connectivity index (χ2v) is 4.41. The van der Waals surface area contributed by atoms with E-state index in [1.165, 1.54) is 5.56 Å². The van der Waals surface area contributed by atoms with Crippen LogP contribution in [-0.2, 0) is 13.5 Å². The SMILES string of the molecule is CCc1nn(C)cc1C(CC(C)C)NN. The van der Waals surface area contributed by atoms with Crippen LogP contribution in [0, 0.1) is 5.92 Å². The summed E-state index contributed by atoms with van der Waals surface area (Å²) in [6.07, 6.45) is 4.05. The van der Waals surface area contributed by atoms with Crippen LogP contribution in [0.3, 0.4) is 0 Å². The summed E-state index contributed by atoms with van der Waals surface area (Å²) < 4.78 is 1.86. The molecule has 0 radical (unpaired) electrons. The molecule has 0 fully saturated rings. The largest absolute Gasteiger partial charge is 0.275 e. The van der Waals surface area contributed by atoms with Gasteiger partial charge in [-0.3, -0.25) is 16.0 Å². The molecule has 1 unspecified atom stereocenters. The van der Waals surface area contributed by atoms with E-state index in [0.717, 1.165) is 18.5 Å². The van der Waals surface area contributed by atoms with Crippen LogP contribution < -0.4 is 11.3 Å². The van der Waals surface area contributed by atoms with Gasteiger partial charge in [-0.15, -0.1) is 0 Å². The molecule has 0 saturated heterocycles. The van der Waals surface area contributed by atoms with Crippen molar-refractivity contribution in [3.63, 3.8) is 0 Å². The first-order valence-corrected chi connectivity index (χ1v) is 5.57. The van der Waals surface area contributed by atoms with E-state index in [4.69, 9.17) is 5.84 Å². The lowest BCUT2D eigenvalue weighted by molar-refractivity contribution is 0.436. The highest BCUT2D eigenvalue weighted by Gasteiger charge is 2.17. The lowest BCUT2D eigenvalue weighted by Crippen LogP contribution is -2.29. The predicted octanol–water partition coefficient (Wildman–Crippen LogP) is 1.53. The molecule has 1 rings (SSSR count). The minimum Gasteiger partial charge on any atom is -0.275 e. The fourth-order valence-corrected chi connectivity index (χ4v) is 1.87. The fraction of sp³-hybridized carbons (Fsp3) is 0.727. The maximum atomic E-state index is 5.60. The number of nitrogens with two attached hydrogens (primary N) is 1. The van der Waals surface area contributed by atoms with Crippen molar-refractivity contribution in [2.45, 2.75) is 39.7 Å². The lowest BCUT2D eigenvalue weighted by atomic mass is 9.97. The number of rotatable bonds is 5. The predicted molar refractivity (Wildman–Crippen MR) is 62.1 cm³/mol. The van der Waals surface area contributed by atoms with E-state index >= 15 is 0 Å². The van der Waals surface area contributed by atoms with Gasteiger partial charge < -0.3 is 0 Å². The molecule has 1 atom stereocenters. The number of hydrogen-bond acceptors (Lipinski definition) is 3. The van der Waals surface area contributed by atoms with Crippen LogP contribution in [0.2, 0.25) is 0 Å². The van der Waals surface area contributed by atoms with Gasteiger partial charge in [-0.1, -0.05) is 20.8 Å². The molecule has 0 bridgehead atoms. The molecule has 4 nitrogen and oxygen atoms in total. The third-order valence-electron chi connectivity index (χ3n) is 2.56. The van der Waals surface area contributed by atoms with Gasteiger partial charge in [0.25, 0.3) is 0 Å². The van der Waals surface area contributed by atoms with Crippen LogP contribution in [0.15, 0.2) is 6.20 Å². The van der Waals surface area contributed by atoms with Gasteiger partial charge in [-0.05, 0) is 18.8 Å². The van der Waals surface area contributed by atoms with Crippen LogP contribution in [0.25, 0.3) is 0 Å². The quantitative estimate of drug-likeness (QED) is 0.572. The van der Waals surface area contributed by atoms with Crippen molar-refractivity contribution in [3.8, 4) is 0 Å². The van der Waals surface area contributed by atoms with Gasteiger partial charge in [0.15, 0.2) is 0 Å². The first-order chi connectivity index (χ1) is 7.08. The second-order valence-electron chi connectivity index (χ2n) is 4.41. The Morgan fingerprint density at radius 1 is 1.53 bits per heavy atom. The molecule has 0 aromatic carbocycles. The number of aryl methyl sites for hydroxylation is 2. The summed E-state index contributed by atoms with van der Waals surface area (Å²) >= 11 is 0. The molecule has 1 heterocycles. The smallest absolute Gasteiger partial charge is 0.0670 e. The normalized spacial score (nSPS) is 13.5. The van der Waals surface area contributed by atoms with E-state index in [1.54, 1.807) is 0 Å². The molecule has 1 aromatic heterocycles. The zero-order valence-corrected chi connectivity index (χ0v) is 10.1. The Morgan fingerprint density at radius 2 is 2.20 bits per heavy atom. The Hall–Kier alpha value is -0.870. The fourth-order valence-electron chi connectivity index (χ4n) is 1.87. The molecule has 0 aliphatic rings. The molecule has 4 heteroatoms. The van der Waals surface area contributed by atoms with Crippen molar-refractivity contribution in [2.24, 2.45) is 18.8 Å². The average Bonchev–Trinajstić information content (AvgIpc) is 2.55. The summed E-state index contributed by atoms with van der Waals surface area (Å²) in [5, 5.41) is 4.43. The van der Waals surface area contributed by atoms with Crippen molar-refractivity contribution in [3.05, 3.63) is 17.5 Å². The van der Waals surface area contributed by atoms with Gasteiger partial charge in [-0.25, -0.2) is 0 Å². The lowest BCUT2D eigenvalue weighted by Gasteiger charge is -2.17. The van der Waals surface area contributed by atoms with E-state index in [0.29, 0.717) is 5.92 Å². The molecule has 0 aliphatic carbocycles. The van der Waals surface area contributed by atoms with E-state index in [2.05, 4.69) is 37.5 Å². The van der Waals surface area contributed by atoms with E-state index in [1.807, 2.05) is 11.7 Å². The summed E-state index contributed by atoms with van der Waals surface area (Å²) in [6, 6.07) is 0.216. The highest BCUT2D eigenvalue weighted by molar-refractivity contribution is 5.21.